The Bertz CT molecular complexity index is 1200. The highest BCUT2D eigenvalue weighted by atomic mass is 35.5. The molecule has 1 amide bonds. The lowest BCUT2D eigenvalue weighted by molar-refractivity contribution is -0.112. The third kappa shape index (κ3) is 4.01. The molecule has 4 aromatic rings. The number of H-pyrrole nitrogens is 1. The number of hydrogen-bond donors (Lipinski definition) is 2. The normalized spacial score (nSPS) is 10.8. The summed E-state index contributed by atoms with van der Waals surface area (Å²) in [5, 5.41) is 4.01. The molecule has 0 aliphatic heterocycles. The number of carbonyl (C=O) groups is 2. The van der Waals surface area contributed by atoms with Crippen molar-refractivity contribution in [3.8, 4) is 0 Å². The maximum absolute atomic E-state index is 12.9. The number of aromatic amines is 1. The average Bonchev–Trinajstić information content (AvgIpc) is 3.06. The van der Waals surface area contributed by atoms with Gasteiger partial charge >= 0.3 is 0 Å². The topological polar surface area (TPSA) is 74.8 Å². The minimum absolute atomic E-state index is 0.137. The fourth-order valence-electron chi connectivity index (χ4n) is 3.21. The number of aromatic nitrogens is 2. The van der Waals surface area contributed by atoms with Crippen molar-refractivity contribution in [1.29, 1.82) is 0 Å². The summed E-state index contributed by atoms with van der Waals surface area (Å²) in [6, 6.07) is 16.3. The van der Waals surface area contributed by atoms with Crippen molar-refractivity contribution in [2.45, 2.75) is 6.42 Å². The molecule has 29 heavy (non-hydrogen) atoms. The number of Topliss-reactive ketones (excluding diaryl/α,β-unsaturated/α-hetero) is 1. The highest BCUT2D eigenvalue weighted by Crippen LogP contribution is 2.31. The van der Waals surface area contributed by atoms with Gasteiger partial charge in [0.05, 0.1) is 5.56 Å². The number of benzene rings is 2. The molecule has 5 nitrogen and oxygen atoms in total. The number of carbonyl (C=O) groups excluding carboxylic acids is 2. The van der Waals surface area contributed by atoms with Gasteiger partial charge in [0.15, 0.2) is 0 Å². The van der Waals surface area contributed by atoms with Gasteiger partial charge in [0.25, 0.3) is 11.7 Å². The zero-order valence-corrected chi connectivity index (χ0v) is 16.6. The van der Waals surface area contributed by atoms with Crippen LogP contribution in [-0.2, 0) is 11.2 Å². The van der Waals surface area contributed by atoms with E-state index in [0.717, 1.165) is 11.1 Å². The van der Waals surface area contributed by atoms with E-state index in [4.69, 9.17) is 23.2 Å². The van der Waals surface area contributed by atoms with Crippen LogP contribution in [0.4, 0.5) is 5.69 Å². The van der Waals surface area contributed by atoms with Gasteiger partial charge in [-0.1, -0.05) is 47.5 Å². The van der Waals surface area contributed by atoms with Crippen LogP contribution in [0.2, 0.25) is 10.2 Å². The first kappa shape index (κ1) is 19.2. The second-order valence-electron chi connectivity index (χ2n) is 6.48. The quantitative estimate of drug-likeness (QED) is 0.338. The fraction of sp³-hybridized carbons (Fsp3) is 0.0455. The summed E-state index contributed by atoms with van der Waals surface area (Å²) in [7, 11) is 0. The minimum atomic E-state index is -0.764. The van der Waals surface area contributed by atoms with Gasteiger partial charge in [0, 0.05) is 34.0 Å². The molecule has 0 bridgehead atoms. The van der Waals surface area contributed by atoms with Crippen LogP contribution in [0.15, 0.2) is 67.0 Å². The number of nitrogens with one attached hydrogen (secondary N) is 2. The first-order chi connectivity index (χ1) is 14.0. The summed E-state index contributed by atoms with van der Waals surface area (Å²) in [4.78, 5) is 32.4. The Morgan fingerprint density at radius 2 is 1.69 bits per heavy atom. The van der Waals surface area contributed by atoms with Gasteiger partial charge in [-0.3, -0.25) is 14.6 Å². The molecule has 0 saturated carbocycles. The van der Waals surface area contributed by atoms with Crippen molar-refractivity contribution in [1.82, 2.24) is 9.97 Å². The van der Waals surface area contributed by atoms with Gasteiger partial charge < -0.3 is 10.3 Å². The highest BCUT2D eigenvalue weighted by molar-refractivity contribution is 6.51. The van der Waals surface area contributed by atoms with E-state index >= 15 is 0 Å². The summed E-state index contributed by atoms with van der Waals surface area (Å²) in [6.07, 6.45) is 3.63. The molecule has 2 aromatic carbocycles. The number of fused-ring (bicyclic) bond motifs is 1. The Labute approximate surface area is 176 Å². The van der Waals surface area contributed by atoms with Crippen molar-refractivity contribution in [2.75, 3.05) is 5.32 Å². The monoisotopic (exact) mass is 423 g/mol. The summed E-state index contributed by atoms with van der Waals surface area (Å²) < 4.78 is 0. The summed E-state index contributed by atoms with van der Waals surface area (Å²) in [5.74, 6) is -1.47. The number of ketones is 1. The van der Waals surface area contributed by atoms with Crippen LogP contribution in [0.25, 0.3) is 10.9 Å². The highest BCUT2D eigenvalue weighted by Gasteiger charge is 2.25. The van der Waals surface area contributed by atoms with Crippen LogP contribution >= 0.6 is 23.2 Å². The summed E-state index contributed by atoms with van der Waals surface area (Å²) in [6.45, 7) is 0. The van der Waals surface area contributed by atoms with Crippen LogP contribution in [-0.4, -0.2) is 21.7 Å². The first-order valence-corrected chi connectivity index (χ1v) is 9.58. The van der Waals surface area contributed by atoms with Gasteiger partial charge in [-0.15, -0.1) is 0 Å². The average molecular weight is 424 g/mol. The van der Waals surface area contributed by atoms with E-state index in [0.29, 0.717) is 28.0 Å². The molecule has 0 atom stereocenters. The zero-order chi connectivity index (χ0) is 20.4. The molecule has 0 spiro atoms. The number of hydrogen-bond acceptors (Lipinski definition) is 3. The molecule has 0 fully saturated rings. The number of nitrogens with zero attached hydrogens (tertiary/aromatic N) is 1. The number of halogens is 2. The van der Waals surface area contributed by atoms with E-state index in [2.05, 4.69) is 15.3 Å². The number of pyridine rings is 1. The van der Waals surface area contributed by atoms with Crippen LogP contribution in [0.1, 0.15) is 21.5 Å². The molecule has 0 aliphatic carbocycles. The number of anilines is 1. The Morgan fingerprint density at radius 3 is 2.41 bits per heavy atom. The third-order valence-corrected chi connectivity index (χ3v) is 5.08. The van der Waals surface area contributed by atoms with E-state index in [1.165, 1.54) is 12.4 Å². The second-order valence-corrected chi connectivity index (χ2v) is 7.29. The van der Waals surface area contributed by atoms with Crippen LogP contribution in [0.5, 0.6) is 0 Å². The maximum atomic E-state index is 12.9. The van der Waals surface area contributed by atoms with E-state index in [1.807, 2.05) is 42.5 Å². The smallest absolute Gasteiger partial charge is 0.296 e. The van der Waals surface area contributed by atoms with Gasteiger partial charge in [-0.2, -0.15) is 0 Å². The predicted octanol–water partition coefficient (Wildman–Crippen LogP) is 5.28. The number of amides is 1. The molecule has 0 unspecified atom stereocenters. The molecule has 0 radical (unpaired) electrons. The molecule has 2 N–H and O–H groups in total. The Kier molecular flexibility index (Phi) is 5.34. The number of rotatable bonds is 5. The summed E-state index contributed by atoms with van der Waals surface area (Å²) in [5.41, 5.74) is 3.25. The van der Waals surface area contributed by atoms with Crippen LogP contribution in [0, 0.1) is 0 Å². The second kappa shape index (κ2) is 8.07. The van der Waals surface area contributed by atoms with Crippen LogP contribution in [0.3, 0.4) is 0 Å². The van der Waals surface area contributed by atoms with E-state index < -0.39 is 11.7 Å². The Hall–Kier alpha value is -3.15. The lowest BCUT2D eigenvalue weighted by atomic mass is 9.97. The Balaban J connectivity index is 1.72. The van der Waals surface area contributed by atoms with E-state index in [9.17, 15) is 9.59 Å². The standard InChI is InChI=1S/C22H15Cl2N3O2/c23-15-6-4-13(5-7-15)12-14-2-1-3-17-18(14)19(21(24)27-17)20(28)22(29)26-16-8-10-25-11-9-16/h1-11,27H,12H2,(H,25,26,29). The fourth-order valence-corrected chi connectivity index (χ4v) is 3.62. The molecule has 0 saturated heterocycles. The van der Waals surface area contributed by atoms with E-state index in [1.54, 1.807) is 12.1 Å². The minimum Gasteiger partial charge on any atom is -0.345 e. The summed E-state index contributed by atoms with van der Waals surface area (Å²) >= 11 is 12.3. The molecule has 2 aromatic heterocycles. The van der Waals surface area contributed by atoms with Crippen molar-refractivity contribution in [2.24, 2.45) is 0 Å². The van der Waals surface area contributed by atoms with Crippen LogP contribution < -0.4 is 5.32 Å². The van der Waals surface area contributed by atoms with E-state index in [-0.39, 0.29) is 10.7 Å². The van der Waals surface area contributed by atoms with Crippen molar-refractivity contribution in [3.05, 3.63) is 93.9 Å². The SMILES string of the molecule is O=C(Nc1ccncc1)C(=O)c1c(Cl)[nH]c2cccc(Cc3ccc(Cl)cc3)c12. The predicted molar refractivity (Wildman–Crippen MR) is 115 cm³/mol. The van der Waals surface area contributed by atoms with Gasteiger partial charge in [-0.25, -0.2) is 0 Å². The van der Waals surface area contributed by atoms with Gasteiger partial charge in [-0.05, 0) is 47.9 Å². The lowest BCUT2D eigenvalue weighted by Crippen LogP contribution is -2.23. The molecule has 4 rings (SSSR count). The van der Waals surface area contributed by atoms with Crippen molar-refractivity contribution < 1.29 is 9.59 Å². The molecular weight excluding hydrogens is 409 g/mol. The first-order valence-electron chi connectivity index (χ1n) is 8.82. The molecule has 2 heterocycles. The lowest BCUT2D eigenvalue weighted by Gasteiger charge is -2.08. The molecule has 144 valence electrons. The zero-order valence-electron chi connectivity index (χ0n) is 15.1. The Morgan fingerprint density at radius 1 is 0.966 bits per heavy atom. The van der Waals surface area contributed by atoms with Gasteiger partial charge in [0.2, 0.25) is 0 Å². The van der Waals surface area contributed by atoms with Gasteiger partial charge in [0.1, 0.15) is 5.15 Å². The molecule has 7 heteroatoms. The molecule has 0 aliphatic rings. The van der Waals surface area contributed by atoms with Crippen molar-refractivity contribution >= 4 is 51.5 Å². The van der Waals surface area contributed by atoms with Crippen molar-refractivity contribution in [3.63, 3.8) is 0 Å². The largest absolute Gasteiger partial charge is 0.345 e. The third-order valence-electron chi connectivity index (χ3n) is 4.54. The maximum Gasteiger partial charge on any atom is 0.296 e. The molecular formula is C22H15Cl2N3O2.